The van der Waals surface area contributed by atoms with Gasteiger partial charge in [-0.1, -0.05) is 36.4 Å². The van der Waals surface area contributed by atoms with Crippen LogP contribution in [0.25, 0.3) is 5.57 Å². The molecule has 4 atom stereocenters. The first-order chi connectivity index (χ1) is 16.8. The standard InChI is InChI=1S/C28H17F4NO2/c29-16-5-1-14(2-6-16)23(15-3-7-17(30)8-4-15)24-21-9-10-22(24)26-25(21)27(34)33(28(26)35)20-12-18(31)11-19(32)13-20/h1-13,21-22,25-26H/t21-,22-,25+,26+/m0/s1. The molecule has 1 saturated heterocycles. The number of amides is 2. The van der Waals surface area contributed by atoms with Gasteiger partial charge in [-0.05, 0) is 58.7 Å². The molecule has 0 N–H and O–H groups in total. The lowest BCUT2D eigenvalue weighted by molar-refractivity contribution is -0.122. The lowest BCUT2D eigenvalue weighted by atomic mass is 9.85. The van der Waals surface area contributed by atoms with Gasteiger partial charge in [-0.3, -0.25) is 9.59 Å². The Morgan fingerprint density at radius 2 is 1.03 bits per heavy atom. The van der Waals surface area contributed by atoms with E-state index < -0.39 is 58.8 Å². The van der Waals surface area contributed by atoms with Crippen LogP contribution in [0.15, 0.2) is 84.5 Å². The van der Waals surface area contributed by atoms with Crippen LogP contribution >= 0.6 is 0 Å². The van der Waals surface area contributed by atoms with Gasteiger partial charge in [0.1, 0.15) is 23.3 Å². The van der Waals surface area contributed by atoms with E-state index in [4.69, 9.17) is 0 Å². The van der Waals surface area contributed by atoms with Gasteiger partial charge >= 0.3 is 0 Å². The summed E-state index contributed by atoms with van der Waals surface area (Å²) in [5.41, 5.74) is 2.76. The fraction of sp³-hybridized carbons (Fsp3) is 0.143. The Balaban J connectivity index is 1.49. The van der Waals surface area contributed by atoms with Gasteiger partial charge in [-0.15, -0.1) is 0 Å². The first-order valence-electron chi connectivity index (χ1n) is 11.1. The number of rotatable bonds is 3. The van der Waals surface area contributed by atoms with Crippen LogP contribution < -0.4 is 4.90 Å². The van der Waals surface area contributed by atoms with Crippen LogP contribution in [0, 0.1) is 46.9 Å². The van der Waals surface area contributed by atoms with Gasteiger partial charge in [-0.2, -0.15) is 0 Å². The number of imide groups is 1. The molecule has 3 aliphatic rings. The van der Waals surface area contributed by atoms with E-state index in [1.807, 2.05) is 12.2 Å². The van der Waals surface area contributed by atoms with E-state index in [0.29, 0.717) is 22.8 Å². The number of carbonyl (C=O) groups excluding carboxylic acids is 2. The van der Waals surface area contributed by atoms with E-state index >= 15 is 0 Å². The predicted octanol–water partition coefficient (Wildman–Crippen LogP) is 5.67. The minimum absolute atomic E-state index is 0.130. The van der Waals surface area contributed by atoms with Gasteiger partial charge in [0, 0.05) is 17.9 Å². The van der Waals surface area contributed by atoms with Crippen LogP contribution in [0.1, 0.15) is 11.1 Å². The van der Waals surface area contributed by atoms with E-state index in [0.717, 1.165) is 22.6 Å². The van der Waals surface area contributed by atoms with Crippen molar-refractivity contribution >= 4 is 23.1 Å². The fourth-order valence-electron chi connectivity index (χ4n) is 5.75. The molecule has 0 spiro atoms. The molecule has 0 aromatic heterocycles. The minimum atomic E-state index is -0.880. The number of hydrogen-bond donors (Lipinski definition) is 0. The Kier molecular flexibility index (Phi) is 4.78. The highest BCUT2D eigenvalue weighted by Crippen LogP contribution is 2.58. The van der Waals surface area contributed by atoms with E-state index in [2.05, 4.69) is 0 Å². The number of anilines is 1. The highest BCUT2D eigenvalue weighted by atomic mass is 19.1. The number of allylic oxidation sites excluding steroid dienone is 3. The van der Waals surface area contributed by atoms with Crippen LogP contribution in [0.4, 0.5) is 23.2 Å². The summed E-state index contributed by atoms with van der Waals surface area (Å²) < 4.78 is 55.0. The Hall–Kier alpha value is -4.00. The van der Waals surface area contributed by atoms with Crippen molar-refractivity contribution in [1.29, 1.82) is 0 Å². The van der Waals surface area contributed by atoms with Gasteiger partial charge in [0.05, 0.1) is 17.5 Å². The van der Waals surface area contributed by atoms with Gasteiger partial charge in [0.15, 0.2) is 0 Å². The molecular formula is C28H17F4NO2. The lowest BCUT2D eigenvalue weighted by Gasteiger charge is -2.21. The average molecular weight is 475 g/mol. The van der Waals surface area contributed by atoms with Crippen LogP contribution in [-0.2, 0) is 9.59 Å². The molecule has 0 radical (unpaired) electrons. The molecule has 3 nitrogen and oxygen atoms in total. The van der Waals surface area contributed by atoms with Gasteiger partial charge in [0.2, 0.25) is 11.8 Å². The molecule has 7 heteroatoms. The van der Waals surface area contributed by atoms with Gasteiger partial charge in [0.25, 0.3) is 0 Å². The van der Waals surface area contributed by atoms with E-state index in [1.54, 1.807) is 24.3 Å². The zero-order chi connectivity index (χ0) is 24.4. The molecule has 3 aromatic rings. The molecule has 174 valence electrons. The molecular weight excluding hydrogens is 458 g/mol. The molecule has 2 bridgehead atoms. The first kappa shape index (κ1) is 21.5. The normalized spacial score (nSPS) is 24.5. The Morgan fingerprint density at radius 3 is 1.46 bits per heavy atom. The Bertz CT molecular complexity index is 1340. The van der Waals surface area contributed by atoms with Gasteiger partial charge < -0.3 is 0 Å². The largest absolute Gasteiger partial charge is 0.274 e. The van der Waals surface area contributed by atoms with Crippen LogP contribution in [0.3, 0.4) is 0 Å². The lowest BCUT2D eigenvalue weighted by Crippen LogP contribution is -2.33. The zero-order valence-electron chi connectivity index (χ0n) is 18.1. The smallest absolute Gasteiger partial charge is 0.238 e. The van der Waals surface area contributed by atoms with Crippen molar-refractivity contribution in [3.05, 3.63) is 119 Å². The maximum atomic E-state index is 13.8. The maximum Gasteiger partial charge on any atom is 0.238 e. The molecule has 1 aliphatic heterocycles. The van der Waals surface area contributed by atoms with E-state index in [-0.39, 0.29) is 5.69 Å². The number of carbonyl (C=O) groups is 2. The molecule has 2 aliphatic carbocycles. The first-order valence-corrected chi connectivity index (χ1v) is 11.1. The highest BCUT2D eigenvalue weighted by Gasteiger charge is 2.62. The van der Waals surface area contributed by atoms with Crippen molar-refractivity contribution < 1.29 is 27.2 Å². The Labute approximate surface area is 198 Å². The highest BCUT2D eigenvalue weighted by molar-refractivity contribution is 6.23. The number of fused-ring (bicyclic) bond motifs is 5. The second-order valence-corrected chi connectivity index (χ2v) is 8.97. The topological polar surface area (TPSA) is 37.4 Å². The third kappa shape index (κ3) is 3.26. The minimum Gasteiger partial charge on any atom is -0.274 e. The summed E-state index contributed by atoms with van der Waals surface area (Å²) >= 11 is 0. The molecule has 1 saturated carbocycles. The number of hydrogen-bond acceptors (Lipinski definition) is 2. The van der Waals surface area contributed by atoms with Crippen molar-refractivity contribution in [2.75, 3.05) is 4.90 Å². The summed E-state index contributed by atoms with van der Waals surface area (Å²) in [4.78, 5) is 27.8. The van der Waals surface area contributed by atoms with E-state index in [9.17, 15) is 27.2 Å². The third-order valence-electron chi connectivity index (χ3n) is 7.08. The summed E-state index contributed by atoms with van der Waals surface area (Å²) in [5, 5.41) is 0. The van der Waals surface area contributed by atoms with Crippen molar-refractivity contribution in [2.24, 2.45) is 23.7 Å². The fourth-order valence-corrected chi connectivity index (χ4v) is 5.75. The number of benzene rings is 3. The Morgan fingerprint density at radius 1 is 0.600 bits per heavy atom. The summed E-state index contributed by atoms with van der Waals surface area (Å²) in [6.45, 7) is 0. The quantitative estimate of drug-likeness (QED) is 0.278. The van der Waals surface area contributed by atoms with E-state index in [1.165, 1.54) is 24.3 Å². The number of halogens is 4. The van der Waals surface area contributed by atoms with Crippen molar-refractivity contribution in [3.8, 4) is 0 Å². The van der Waals surface area contributed by atoms with Crippen LogP contribution in [0.2, 0.25) is 0 Å². The number of nitrogens with zero attached hydrogens (tertiary/aromatic N) is 1. The monoisotopic (exact) mass is 475 g/mol. The van der Waals surface area contributed by atoms with Crippen molar-refractivity contribution in [3.63, 3.8) is 0 Å². The van der Waals surface area contributed by atoms with Crippen molar-refractivity contribution in [2.45, 2.75) is 0 Å². The zero-order valence-corrected chi connectivity index (χ0v) is 18.1. The predicted molar refractivity (Wildman–Crippen MR) is 121 cm³/mol. The van der Waals surface area contributed by atoms with Gasteiger partial charge in [-0.25, -0.2) is 22.5 Å². The summed E-state index contributed by atoms with van der Waals surface area (Å²) in [5.74, 6) is -5.94. The summed E-state index contributed by atoms with van der Waals surface area (Å²) in [6, 6.07) is 14.3. The molecule has 35 heavy (non-hydrogen) atoms. The molecule has 1 heterocycles. The second-order valence-electron chi connectivity index (χ2n) is 8.97. The SMILES string of the molecule is O=C1[C@H]2[C@H](C(=O)N1c1cc(F)cc(F)c1)[C@H]1C=C[C@H]2C1=C(c1ccc(F)cc1)c1ccc(F)cc1. The van der Waals surface area contributed by atoms with Crippen LogP contribution in [0.5, 0.6) is 0 Å². The molecule has 6 rings (SSSR count). The van der Waals surface area contributed by atoms with Crippen LogP contribution in [-0.4, -0.2) is 11.8 Å². The average Bonchev–Trinajstić information content (AvgIpc) is 3.45. The third-order valence-corrected chi connectivity index (χ3v) is 7.08. The molecule has 2 amide bonds. The molecule has 3 aromatic carbocycles. The molecule has 0 unspecified atom stereocenters. The van der Waals surface area contributed by atoms with Crippen molar-refractivity contribution in [1.82, 2.24) is 0 Å². The maximum absolute atomic E-state index is 13.8. The molecule has 2 fully saturated rings. The second kappa shape index (κ2) is 7.77. The summed E-state index contributed by atoms with van der Waals surface area (Å²) in [7, 11) is 0. The summed E-state index contributed by atoms with van der Waals surface area (Å²) in [6.07, 6.45) is 3.74.